The maximum atomic E-state index is 13.3. The molecular formula is C14H7ClF4N2. The van der Waals surface area contributed by atoms with Crippen LogP contribution < -0.4 is 0 Å². The van der Waals surface area contributed by atoms with Gasteiger partial charge in [0.05, 0.1) is 16.1 Å². The van der Waals surface area contributed by atoms with Crippen molar-refractivity contribution < 1.29 is 17.6 Å². The maximum Gasteiger partial charge on any atom is 0.419 e. The topological polar surface area (TPSA) is 28.7 Å². The summed E-state index contributed by atoms with van der Waals surface area (Å²) in [6, 6.07) is 7.74. The van der Waals surface area contributed by atoms with Crippen molar-refractivity contribution in [3.05, 3.63) is 52.8 Å². The molecule has 0 saturated carbocycles. The van der Waals surface area contributed by atoms with Crippen LogP contribution in [0.15, 0.2) is 36.4 Å². The lowest BCUT2D eigenvalue weighted by Gasteiger charge is -2.08. The molecule has 0 aliphatic heterocycles. The van der Waals surface area contributed by atoms with Gasteiger partial charge >= 0.3 is 6.18 Å². The third-order valence-corrected chi connectivity index (χ3v) is 3.31. The first-order valence-electron chi connectivity index (χ1n) is 5.87. The van der Waals surface area contributed by atoms with Crippen molar-refractivity contribution in [2.24, 2.45) is 0 Å². The van der Waals surface area contributed by atoms with Crippen molar-refractivity contribution in [2.75, 3.05) is 0 Å². The molecule has 0 unspecified atom stereocenters. The highest BCUT2D eigenvalue weighted by molar-refractivity contribution is 6.34. The highest BCUT2D eigenvalue weighted by atomic mass is 35.5. The van der Waals surface area contributed by atoms with Crippen molar-refractivity contribution in [1.82, 2.24) is 9.97 Å². The SMILES string of the molecule is Fc1ccc(-c2nc3c(Cl)cccc3[nH]2)cc1C(F)(F)F. The van der Waals surface area contributed by atoms with Gasteiger partial charge in [-0.25, -0.2) is 9.37 Å². The van der Waals surface area contributed by atoms with Gasteiger partial charge in [-0.1, -0.05) is 17.7 Å². The molecule has 0 fully saturated rings. The first kappa shape index (κ1) is 13.9. The summed E-state index contributed by atoms with van der Waals surface area (Å²) in [7, 11) is 0. The fourth-order valence-electron chi connectivity index (χ4n) is 2.02. The summed E-state index contributed by atoms with van der Waals surface area (Å²) in [6.07, 6.45) is -4.76. The predicted octanol–water partition coefficient (Wildman–Crippen LogP) is 5.04. The lowest BCUT2D eigenvalue weighted by molar-refractivity contribution is -0.139. The number of benzene rings is 2. The number of aromatic nitrogens is 2. The fraction of sp³-hybridized carbons (Fsp3) is 0.0714. The second kappa shape index (κ2) is 4.73. The number of imidazole rings is 1. The molecule has 1 heterocycles. The number of alkyl halides is 3. The molecule has 0 aliphatic carbocycles. The normalized spacial score (nSPS) is 12.0. The van der Waals surface area contributed by atoms with E-state index in [1.807, 2.05) is 0 Å². The van der Waals surface area contributed by atoms with Crippen LogP contribution in [0.5, 0.6) is 0 Å². The van der Waals surface area contributed by atoms with Crippen LogP contribution >= 0.6 is 11.6 Å². The van der Waals surface area contributed by atoms with Crippen LogP contribution in [0, 0.1) is 5.82 Å². The summed E-state index contributed by atoms with van der Waals surface area (Å²) in [4.78, 5) is 7.02. The highest BCUT2D eigenvalue weighted by Gasteiger charge is 2.34. The van der Waals surface area contributed by atoms with Gasteiger partial charge in [-0.2, -0.15) is 13.2 Å². The van der Waals surface area contributed by atoms with Crippen molar-refractivity contribution in [3.63, 3.8) is 0 Å². The Morgan fingerprint density at radius 3 is 2.52 bits per heavy atom. The fourth-order valence-corrected chi connectivity index (χ4v) is 2.24. The van der Waals surface area contributed by atoms with Gasteiger partial charge in [-0.15, -0.1) is 0 Å². The van der Waals surface area contributed by atoms with Crippen LogP contribution in [0.2, 0.25) is 5.02 Å². The van der Waals surface area contributed by atoms with Gasteiger partial charge in [0.2, 0.25) is 0 Å². The molecule has 0 aliphatic rings. The molecule has 2 aromatic carbocycles. The minimum absolute atomic E-state index is 0.135. The molecule has 3 rings (SSSR count). The maximum absolute atomic E-state index is 13.3. The number of para-hydroxylation sites is 1. The van der Waals surface area contributed by atoms with Crippen molar-refractivity contribution >= 4 is 22.6 Å². The predicted molar refractivity (Wildman–Crippen MR) is 71.5 cm³/mol. The molecule has 0 radical (unpaired) electrons. The Morgan fingerprint density at radius 2 is 1.86 bits per heavy atom. The zero-order valence-electron chi connectivity index (χ0n) is 10.3. The Kier molecular flexibility index (Phi) is 3.13. The van der Waals surface area contributed by atoms with E-state index in [1.54, 1.807) is 18.2 Å². The van der Waals surface area contributed by atoms with E-state index in [9.17, 15) is 17.6 Å². The third kappa shape index (κ3) is 2.47. The average Bonchev–Trinajstić information content (AvgIpc) is 2.83. The van der Waals surface area contributed by atoms with Gasteiger partial charge in [-0.3, -0.25) is 0 Å². The van der Waals surface area contributed by atoms with Gasteiger partial charge in [0.1, 0.15) is 17.2 Å². The van der Waals surface area contributed by atoms with E-state index in [4.69, 9.17) is 11.6 Å². The second-order valence-electron chi connectivity index (χ2n) is 4.41. The Bertz CT molecular complexity index is 823. The number of H-pyrrole nitrogens is 1. The van der Waals surface area contributed by atoms with Crippen LogP contribution in [0.3, 0.4) is 0 Å². The first-order valence-corrected chi connectivity index (χ1v) is 6.25. The van der Waals surface area contributed by atoms with Crippen LogP contribution in [0.25, 0.3) is 22.4 Å². The van der Waals surface area contributed by atoms with E-state index in [0.717, 1.165) is 12.1 Å². The molecule has 0 atom stereocenters. The number of aromatic amines is 1. The van der Waals surface area contributed by atoms with E-state index >= 15 is 0 Å². The molecule has 0 bridgehead atoms. The molecule has 0 saturated heterocycles. The monoisotopic (exact) mass is 314 g/mol. The van der Waals surface area contributed by atoms with E-state index in [-0.39, 0.29) is 11.4 Å². The van der Waals surface area contributed by atoms with Crippen LogP contribution in [-0.2, 0) is 6.18 Å². The molecule has 0 spiro atoms. The smallest absolute Gasteiger partial charge is 0.338 e. The van der Waals surface area contributed by atoms with Gasteiger partial charge in [0.25, 0.3) is 0 Å². The minimum atomic E-state index is -4.76. The molecule has 1 N–H and O–H groups in total. The third-order valence-electron chi connectivity index (χ3n) is 3.01. The zero-order valence-corrected chi connectivity index (χ0v) is 11.1. The molecule has 2 nitrogen and oxygen atoms in total. The van der Waals surface area contributed by atoms with E-state index in [1.165, 1.54) is 6.07 Å². The summed E-state index contributed by atoms with van der Waals surface area (Å²) in [5, 5.41) is 0.383. The largest absolute Gasteiger partial charge is 0.419 e. The molecule has 108 valence electrons. The number of nitrogens with zero attached hydrogens (tertiary/aromatic N) is 1. The second-order valence-corrected chi connectivity index (χ2v) is 4.82. The highest BCUT2D eigenvalue weighted by Crippen LogP contribution is 2.34. The van der Waals surface area contributed by atoms with E-state index in [0.29, 0.717) is 16.1 Å². The number of hydrogen-bond donors (Lipinski definition) is 1. The number of hydrogen-bond acceptors (Lipinski definition) is 1. The van der Waals surface area contributed by atoms with Crippen LogP contribution in [0.4, 0.5) is 17.6 Å². The summed E-state index contributed by atoms with van der Waals surface area (Å²) in [5.74, 6) is -1.12. The van der Waals surface area contributed by atoms with Crippen LogP contribution in [0.1, 0.15) is 5.56 Å². The standard InChI is InChI=1S/C14H7ClF4N2/c15-9-2-1-3-11-12(9)21-13(20-11)7-4-5-10(16)8(6-7)14(17,18)19/h1-6H,(H,20,21). The van der Waals surface area contributed by atoms with Crippen molar-refractivity contribution in [1.29, 1.82) is 0 Å². The molecule has 21 heavy (non-hydrogen) atoms. The molecule has 7 heteroatoms. The van der Waals surface area contributed by atoms with Gasteiger partial charge in [0.15, 0.2) is 0 Å². The molecule has 3 aromatic rings. The quantitative estimate of drug-likeness (QED) is 0.626. The number of halogens is 5. The Balaban J connectivity index is 2.17. The summed E-state index contributed by atoms with van der Waals surface area (Å²) < 4.78 is 51.4. The zero-order chi connectivity index (χ0) is 15.2. The Labute approximate surface area is 121 Å². The van der Waals surface area contributed by atoms with Gasteiger partial charge in [0, 0.05) is 5.56 Å². The Morgan fingerprint density at radius 1 is 1.10 bits per heavy atom. The van der Waals surface area contributed by atoms with Gasteiger partial charge in [-0.05, 0) is 30.3 Å². The summed E-state index contributed by atoms with van der Waals surface area (Å²) >= 11 is 5.96. The van der Waals surface area contributed by atoms with E-state index in [2.05, 4.69) is 9.97 Å². The lowest BCUT2D eigenvalue weighted by Crippen LogP contribution is -2.08. The first-order chi connectivity index (χ1) is 9.86. The van der Waals surface area contributed by atoms with Crippen molar-refractivity contribution in [3.8, 4) is 11.4 Å². The van der Waals surface area contributed by atoms with Gasteiger partial charge < -0.3 is 4.98 Å². The molecule has 0 amide bonds. The van der Waals surface area contributed by atoms with Crippen molar-refractivity contribution in [2.45, 2.75) is 6.18 Å². The lowest BCUT2D eigenvalue weighted by atomic mass is 10.1. The number of nitrogens with one attached hydrogen (secondary N) is 1. The average molecular weight is 315 g/mol. The Hall–Kier alpha value is -2.08. The van der Waals surface area contributed by atoms with E-state index < -0.39 is 17.6 Å². The molecular weight excluding hydrogens is 308 g/mol. The number of rotatable bonds is 1. The summed E-state index contributed by atoms with van der Waals surface area (Å²) in [6.45, 7) is 0. The number of fused-ring (bicyclic) bond motifs is 1. The minimum Gasteiger partial charge on any atom is -0.338 e. The molecule has 1 aromatic heterocycles. The summed E-state index contributed by atoms with van der Waals surface area (Å²) in [5.41, 5.74) is -0.148. The van der Waals surface area contributed by atoms with Crippen LogP contribution in [-0.4, -0.2) is 9.97 Å².